The Bertz CT molecular complexity index is 223. The smallest absolute Gasteiger partial charge is 0.237 e. The van der Waals surface area contributed by atoms with Gasteiger partial charge < -0.3 is 15.8 Å². The molecule has 0 aromatic carbocycles. The van der Waals surface area contributed by atoms with Crippen molar-refractivity contribution in [3.8, 4) is 0 Å². The molecule has 0 saturated carbocycles. The summed E-state index contributed by atoms with van der Waals surface area (Å²) in [6.45, 7) is 7.29. The van der Waals surface area contributed by atoms with E-state index in [0.717, 1.165) is 19.4 Å². The molecule has 1 aliphatic heterocycles. The number of hydrogen-bond acceptors (Lipinski definition) is 3. The monoisotopic (exact) mass is 214 g/mol. The number of ether oxygens (including phenoxy) is 1. The molecular formula is C11H22N2O2. The summed E-state index contributed by atoms with van der Waals surface area (Å²) < 4.78 is 5.37. The number of carbonyl (C=O) groups excluding carboxylic acids is 1. The SMILES string of the molecule is CC(C)C(N)C(=O)NC1(C)CCCOC1. The lowest BCUT2D eigenvalue weighted by Crippen LogP contribution is -2.56. The molecule has 1 rings (SSSR count). The van der Waals surface area contributed by atoms with Gasteiger partial charge in [0.05, 0.1) is 18.2 Å². The maximum Gasteiger partial charge on any atom is 0.237 e. The number of amides is 1. The van der Waals surface area contributed by atoms with Crippen LogP contribution in [-0.2, 0) is 9.53 Å². The predicted octanol–water partition coefficient (Wildman–Crippen LogP) is 0.655. The zero-order valence-corrected chi connectivity index (χ0v) is 9.88. The Morgan fingerprint density at radius 3 is 2.67 bits per heavy atom. The van der Waals surface area contributed by atoms with E-state index in [9.17, 15) is 4.79 Å². The van der Waals surface area contributed by atoms with Gasteiger partial charge in [0.15, 0.2) is 0 Å². The Morgan fingerprint density at radius 1 is 1.53 bits per heavy atom. The van der Waals surface area contributed by atoms with E-state index in [4.69, 9.17) is 10.5 Å². The van der Waals surface area contributed by atoms with Gasteiger partial charge in [-0.15, -0.1) is 0 Å². The van der Waals surface area contributed by atoms with Gasteiger partial charge in [-0.3, -0.25) is 4.79 Å². The summed E-state index contributed by atoms with van der Waals surface area (Å²) in [5.74, 6) is 0.0936. The van der Waals surface area contributed by atoms with Gasteiger partial charge in [-0.1, -0.05) is 13.8 Å². The van der Waals surface area contributed by atoms with E-state index in [1.165, 1.54) is 0 Å². The van der Waals surface area contributed by atoms with E-state index >= 15 is 0 Å². The summed E-state index contributed by atoms with van der Waals surface area (Å²) in [5, 5.41) is 2.99. The van der Waals surface area contributed by atoms with Crippen molar-refractivity contribution < 1.29 is 9.53 Å². The van der Waals surface area contributed by atoms with Crippen LogP contribution in [0.25, 0.3) is 0 Å². The number of carbonyl (C=O) groups is 1. The normalized spacial score (nSPS) is 28.9. The highest BCUT2D eigenvalue weighted by Gasteiger charge is 2.31. The lowest BCUT2D eigenvalue weighted by molar-refractivity contribution is -0.126. The van der Waals surface area contributed by atoms with E-state index in [0.29, 0.717) is 6.61 Å². The van der Waals surface area contributed by atoms with Crippen molar-refractivity contribution in [2.75, 3.05) is 13.2 Å². The molecule has 2 unspecified atom stereocenters. The third kappa shape index (κ3) is 3.47. The van der Waals surface area contributed by atoms with Gasteiger partial charge >= 0.3 is 0 Å². The molecule has 4 nitrogen and oxygen atoms in total. The molecule has 0 spiro atoms. The average molecular weight is 214 g/mol. The van der Waals surface area contributed by atoms with E-state index in [2.05, 4.69) is 5.32 Å². The highest BCUT2D eigenvalue weighted by atomic mass is 16.5. The Hall–Kier alpha value is -0.610. The van der Waals surface area contributed by atoms with Crippen molar-refractivity contribution in [2.24, 2.45) is 11.7 Å². The van der Waals surface area contributed by atoms with Crippen molar-refractivity contribution in [2.45, 2.75) is 45.2 Å². The molecule has 1 fully saturated rings. The van der Waals surface area contributed by atoms with Crippen LogP contribution in [0.1, 0.15) is 33.6 Å². The number of rotatable bonds is 3. The molecule has 1 heterocycles. The molecular weight excluding hydrogens is 192 g/mol. The minimum absolute atomic E-state index is 0.0713. The second-order valence-electron chi connectivity index (χ2n) is 4.98. The minimum Gasteiger partial charge on any atom is -0.379 e. The van der Waals surface area contributed by atoms with Crippen molar-refractivity contribution in [1.82, 2.24) is 5.32 Å². The molecule has 0 aliphatic carbocycles. The zero-order valence-electron chi connectivity index (χ0n) is 9.88. The molecule has 2 atom stereocenters. The van der Waals surface area contributed by atoms with Crippen LogP contribution < -0.4 is 11.1 Å². The third-order valence-electron chi connectivity index (χ3n) is 2.88. The number of nitrogens with one attached hydrogen (secondary N) is 1. The van der Waals surface area contributed by atoms with Gasteiger partial charge in [0.2, 0.25) is 5.91 Å². The van der Waals surface area contributed by atoms with Crippen LogP contribution in [0.2, 0.25) is 0 Å². The minimum atomic E-state index is -0.427. The lowest BCUT2D eigenvalue weighted by atomic mass is 9.93. The first kappa shape index (κ1) is 12.5. The van der Waals surface area contributed by atoms with Crippen LogP contribution in [0.3, 0.4) is 0 Å². The molecule has 15 heavy (non-hydrogen) atoms. The van der Waals surface area contributed by atoms with Crippen molar-refractivity contribution in [1.29, 1.82) is 0 Å². The molecule has 4 heteroatoms. The van der Waals surface area contributed by atoms with Crippen LogP contribution in [0.4, 0.5) is 0 Å². The summed E-state index contributed by atoms with van der Waals surface area (Å²) in [4.78, 5) is 11.8. The second-order valence-corrected chi connectivity index (χ2v) is 4.98. The molecule has 88 valence electrons. The summed E-state index contributed by atoms with van der Waals surface area (Å²) in [5.41, 5.74) is 5.55. The summed E-state index contributed by atoms with van der Waals surface area (Å²) in [6, 6.07) is -0.427. The highest BCUT2D eigenvalue weighted by Crippen LogP contribution is 2.18. The maximum absolute atomic E-state index is 11.8. The van der Waals surface area contributed by atoms with E-state index in [1.807, 2.05) is 20.8 Å². The summed E-state index contributed by atoms with van der Waals surface area (Å²) in [7, 11) is 0. The van der Waals surface area contributed by atoms with Crippen LogP contribution in [-0.4, -0.2) is 30.7 Å². The van der Waals surface area contributed by atoms with Crippen molar-refractivity contribution in [3.63, 3.8) is 0 Å². The Kier molecular flexibility index (Phi) is 4.11. The molecule has 0 aromatic heterocycles. The van der Waals surface area contributed by atoms with Gasteiger partial charge in [0.1, 0.15) is 0 Å². The van der Waals surface area contributed by atoms with E-state index < -0.39 is 6.04 Å². The van der Waals surface area contributed by atoms with Gasteiger partial charge in [-0.25, -0.2) is 0 Å². The van der Waals surface area contributed by atoms with Crippen LogP contribution in [0, 0.1) is 5.92 Å². The van der Waals surface area contributed by atoms with Crippen LogP contribution in [0.5, 0.6) is 0 Å². The lowest BCUT2D eigenvalue weighted by Gasteiger charge is -2.35. The Labute approximate surface area is 91.5 Å². The fourth-order valence-corrected chi connectivity index (χ4v) is 1.72. The third-order valence-corrected chi connectivity index (χ3v) is 2.88. The Morgan fingerprint density at radius 2 is 2.20 bits per heavy atom. The standard InChI is InChI=1S/C11H22N2O2/c1-8(2)9(12)10(14)13-11(3)5-4-6-15-7-11/h8-9H,4-7,12H2,1-3H3,(H,13,14). The van der Waals surface area contributed by atoms with E-state index in [1.54, 1.807) is 0 Å². The molecule has 1 aliphatic rings. The fraction of sp³-hybridized carbons (Fsp3) is 0.909. The summed E-state index contributed by atoms with van der Waals surface area (Å²) >= 11 is 0. The van der Waals surface area contributed by atoms with E-state index in [-0.39, 0.29) is 17.4 Å². The number of hydrogen-bond donors (Lipinski definition) is 2. The zero-order chi connectivity index (χ0) is 11.5. The van der Waals surface area contributed by atoms with Crippen LogP contribution in [0.15, 0.2) is 0 Å². The highest BCUT2D eigenvalue weighted by molar-refractivity contribution is 5.82. The largest absolute Gasteiger partial charge is 0.379 e. The van der Waals surface area contributed by atoms with Crippen LogP contribution >= 0.6 is 0 Å². The average Bonchev–Trinajstić information content (AvgIpc) is 2.16. The number of nitrogens with two attached hydrogens (primary N) is 1. The molecule has 1 saturated heterocycles. The fourth-order valence-electron chi connectivity index (χ4n) is 1.72. The quantitative estimate of drug-likeness (QED) is 0.725. The van der Waals surface area contributed by atoms with Gasteiger partial charge in [0, 0.05) is 6.61 Å². The topological polar surface area (TPSA) is 64.4 Å². The first-order valence-corrected chi connectivity index (χ1v) is 5.60. The molecule has 0 radical (unpaired) electrons. The predicted molar refractivity (Wildman–Crippen MR) is 59.4 cm³/mol. The van der Waals surface area contributed by atoms with Crippen molar-refractivity contribution in [3.05, 3.63) is 0 Å². The second kappa shape index (κ2) is 4.94. The van der Waals surface area contributed by atoms with Crippen molar-refractivity contribution >= 4 is 5.91 Å². The first-order chi connectivity index (χ1) is 6.94. The van der Waals surface area contributed by atoms with Gasteiger partial charge in [-0.2, -0.15) is 0 Å². The molecule has 0 bridgehead atoms. The van der Waals surface area contributed by atoms with Gasteiger partial charge in [-0.05, 0) is 25.7 Å². The Balaban J connectivity index is 2.49. The molecule has 1 amide bonds. The maximum atomic E-state index is 11.8. The van der Waals surface area contributed by atoms with Gasteiger partial charge in [0.25, 0.3) is 0 Å². The molecule has 0 aromatic rings. The molecule has 3 N–H and O–H groups in total. The first-order valence-electron chi connectivity index (χ1n) is 5.60. The summed E-state index contributed by atoms with van der Waals surface area (Å²) in [6.07, 6.45) is 1.96.